The summed E-state index contributed by atoms with van der Waals surface area (Å²) in [6.07, 6.45) is 4.88. The largest absolute Gasteiger partial charge is 0.354 e. The first kappa shape index (κ1) is 20.3. The van der Waals surface area contributed by atoms with Crippen molar-refractivity contribution in [3.63, 3.8) is 0 Å². The maximum absolute atomic E-state index is 13.3. The Bertz CT molecular complexity index is 1060. The van der Waals surface area contributed by atoms with Crippen molar-refractivity contribution in [1.82, 2.24) is 19.8 Å². The monoisotopic (exact) mass is 439 g/mol. The summed E-state index contributed by atoms with van der Waals surface area (Å²) in [6.45, 7) is 5.85. The van der Waals surface area contributed by atoms with E-state index in [0.29, 0.717) is 6.54 Å². The highest BCUT2D eigenvalue weighted by Gasteiger charge is 2.24. The Kier molecular flexibility index (Phi) is 5.82. The molecule has 0 saturated carbocycles. The molecule has 0 atom stereocenters. The fraction of sp³-hybridized carbons (Fsp3) is 0.435. The molecule has 0 N–H and O–H groups in total. The first-order chi connectivity index (χ1) is 15.2. The Morgan fingerprint density at radius 2 is 1.77 bits per heavy atom. The molecule has 1 amide bonds. The lowest BCUT2D eigenvalue weighted by Crippen LogP contribution is -2.40. The smallest absolute Gasteiger partial charge is 0.236 e. The maximum Gasteiger partial charge on any atom is 0.236 e. The van der Waals surface area contributed by atoms with Crippen LogP contribution < -0.4 is 4.90 Å². The molecule has 2 aliphatic heterocycles. The molecular weight excluding hydrogens is 413 g/mol. The topological polar surface area (TPSA) is 52.6 Å². The molecule has 2 fully saturated rings. The number of thiophene rings is 1. The number of halogens is 1. The van der Waals surface area contributed by atoms with E-state index in [0.717, 1.165) is 85.0 Å². The van der Waals surface area contributed by atoms with Gasteiger partial charge in [-0.3, -0.25) is 9.69 Å². The van der Waals surface area contributed by atoms with Gasteiger partial charge in [-0.05, 0) is 43.0 Å². The Morgan fingerprint density at radius 3 is 2.58 bits per heavy atom. The predicted octanol–water partition coefficient (Wildman–Crippen LogP) is 3.63. The van der Waals surface area contributed by atoms with Gasteiger partial charge in [0.25, 0.3) is 0 Å². The van der Waals surface area contributed by atoms with E-state index in [4.69, 9.17) is 0 Å². The van der Waals surface area contributed by atoms with Crippen molar-refractivity contribution in [1.29, 1.82) is 0 Å². The number of rotatable bonds is 4. The number of nitrogens with zero attached hydrogens (tertiary/aromatic N) is 5. The molecule has 6 nitrogen and oxygen atoms in total. The van der Waals surface area contributed by atoms with Crippen LogP contribution in [-0.2, 0) is 4.79 Å². The summed E-state index contributed by atoms with van der Waals surface area (Å²) in [7, 11) is 0. The lowest BCUT2D eigenvalue weighted by molar-refractivity contribution is -0.131. The number of carbonyl (C=O) groups excluding carboxylic acids is 1. The van der Waals surface area contributed by atoms with E-state index in [2.05, 4.69) is 25.8 Å². The summed E-state index contributed by atoms with van der Waals surface area (Å²) >= 11 is 1.65. The first-order valence-electron chi connectivity index (χ1n) is 10.9. The second-order valence-electron chi connectivity index (χ2n) is 8.23. The molecule has 0 unspecified atom stereocenters. The molecule has 1 aromatic carbocycles. The minimum atomic E-state index is -0.234. The first-order valence-corrected chi connectivity index (χ1v) is 11.7. The third-order valence-electron chi connectivity index (χ3n) is 6.13. The fourth-order valence-corrected chi connectivity index (χ4v) is 5.56. The Balaban J connectivity index is 1.32. The Labute approximate surface area is 185 Å². The van der Waals surface area contributed by atoms with Crippen molar-refractivity contribution in [3.05, 3.63) is 42.5 Å². The van der Waals surface area contributed by atoms with E-state index in [1.807, 2.05) is 4.90 Å². The number of hydrogen-bond donors (Lipinski definition) is 0. The second kappa shape index (κ2) is 8.88. The van der Waals surface area contributed by atoms with Crippen LogP contribution in [0.15, 0.2) is 36.7 Å². The number of anilines is 1. The molecule has 2 saturated heterocycles. The van der Waals surface area contributed by atoms with Crippen LogP contribution in [0.25, 0.3) is 20.7 Å². The molecule has 8 heteroatoms. The summed E-state index contributed by atoms with van der Waals surface area (Å²) in [5, 5.41) is 0. The minimum Gasteiger partial charge on any atom is -0.354 e. The molecule has 162 valence electrons. The fourth-order valence-electron chi connectivity index (χ4n) is 4.42. The molecular formula is C23H26FN5OS. The molecule has 4 heterocycles. The third kappa shape index (κ3) is 4.41. The van der Waals surface area contributed by atoms with E-state index < -0.39 is 0 Å². The van der Waals surface area contributed by atoms with Gasteiger partial charge in [0.2, 0.25) is 5.91 Å². The van der Waals surface area contributed by atoms with Crippen LogP contribution in [0.4, 0.5) is 10.2 Å². The zero-order valence-electron chi connectivity index (χ0n) is 17.5. The lowest BCUT2D eigenvalue weighted by atomic mass is 10.2. The van der Waals surface area contributed by atoms with Crippen LogP contribution >= 0.6 is 11.3 Å². The van der Waals surface area contributed by atoms with E-state index >= 15 is 0 Å². The molecule has 0 radical (unpaired) electrons. The predicted molar refractivity (Wildman–Crippen MR) is 122 cm³/mol. The van der Waals surface area contributed by atoms with Crippen LogP contribution in [0.5, 0.6) is 0 Å². The molecule has 2 aliphatic rings. The van der Waals surface area contributed by atoms with Crippen LogP contribution in [0.2, 0.25) is 0 Å². The summed E-state index contributed by atoms with van der Waals surface area (Å²) in [6, 6.07) is 8.62. The van der Waals surface area contributed by atoms with Gasteiger partial charge in [-0.25, -0.2) is 14.4 Å². The third-order valence-corrected chi connectivity index (χ3v) is 7.30. The molecule has 0 aliphatic carbocycles. The normalized spacial score (nSPS) is 18.0. The van der Waals surface area contributed by atoms with Crippen molar-refractivity contribution in [2.24, 2.45) is 0 Å². The van der Waals surface area contributed by atoms with Gasteiger partial charge in [-0.2, -0.15) is 0 Å². The zero-order valence-corrected chi connectivity index (χ0v) is 18.3. The summed E-state index contributed by atoms with van der Waals surface area (Å²) in [4.78, 5) is 29.3. The number of carbonyl (C=O) groups is 1. The number of hydrogen-bond acceptors (Lipinski definition) is 6. The number of benzene rings is 1. The van der Waals surface area contributed by atoms with Gasteiger partial charge < -0.3 is 9.80 Å². The van der Waals surface area contributed by atoms with Gasteiger partial charge in [0.05, 0.1) is 16.8 Å². The van der Waals surface area contributed by atoms with Gasteiger partial charge in [0.15, 0.2) is 0 Å². The zero-order chi connectivity index (χ0) is 21.2. The van der Waals surface area contributed by atoms with Gasteiger partial charge in [0, 0.05) is 44.1 Å². The average Bonchev–Trinajstić information content (AvgIpc) is 3.41. The van der Waals surface area contributed by atoms with Gasteiger partial charge in [0.1, 0.15) is 18.0 Å². The SMILES string of the molecule is O=C(CN1CCCN(c2ncnc3cc(-c4ccc(F)cc4)sc23)CC1)N1CCCC1. The maximum atomic E-state index is 13.3. The van der Waals surface area contributed by atoms with Crippen molar-refractivity contribution in [2.45, 2.75) is 19.3 Å². The number of amides is 1. The number of likely N-dealkylation sites (tertiary alicyclic amines) is 1. The average molecular weight is 440 g/mol. The van der Waals surface area contributed by atoms with E-state index in [-0.39, 0.29) is 11.7 Å². The molecule has 0 bridgehead atoms. The summed E-state index contributed by atoms with van der Waals surface area (Å²) < 4.78 is 14.4. The highest BCUT2D eigenvalue weighted by molar-refractivity contribution is 7.22. The van der Waals surface area contributed by atoms with Crippen LogP contribution in [0.1, 0.15) is 19.3 Å². The molecule has 3 aromatic rings. The van der Waals surface area contributed by atoms with Gasteiger partial charge in [-0.1, -0.05) is 12.1 Å². The van der Waals surface area contributed by atoms with Crippen LogP contribution in [0.3, 0.4) is 0 Å². The Hall–Kier alpha value is -2.58. The Morgan fingerprint density at radius 1 is 0.968 bits per heavy atom. The van der Waals surface area contributed by atoms with Crippen LogP contribution in [-0.4, -0.2) is 71.5 Å². The number of aromatic nitrogens is 2. The van der Waals surface area contributed by atoms with Crippen molar-refractivity contribution in [2.75, 3.05) is 50.7 Å². The van der Waals surface area contributed by atoms with E-state index in [1.165, 1.54) is 12.1 Å². The quantitative estimate of drug-likeness (QED) is 0.621. The minimum absolute atomic E-state index is 0.234. The molecule has 2 aromatic heterocycles. The highest BCUT2D eigenvalue weighted by Crippen LogP contribution is 2.37. The van der Waals surface area contributed by atoms with Gasteiger partial charge >= 0.3 is 0 Å². The van der Waals surface area contributed by atoms with E-state index in [9.17, 15) is 9.18 Å². The van der Waals surface area contributed by atoms with Crippen molar-refractivity contribution < 1.29 is 9.18 Å². The molecule has 5 rings (SSSR count). The molecule has 31 heavy (non-hydrogen) atoms. The second-order valence-corrected chi connectivity index (χ2v) is 9.29. The highest BCUT2D eigenvalue weighted by atomic mass is 32.1. The number of fused-ring (bicyclic) bond motifs is 1. The lowest BCUT2D eigenvalue weighted by Gasteiger charge is -2.24. The van der Waals surface area contributed by atoms with Crippen molar-refractivity contribution >= 4 is 33.3 Å². The standard InChI is InChI=1S/C23H26FN5OS/c24-18-6-4-17(5-7-18)20-14-19-22(31-20)23(26-16-25-19)29-11-3-8-27(12-13-29)15-21(30)28-9-1-2-10-28/h4-7,14,16H,1-3,8-13,15H2. The van der Waals surface area contributed by atoms with Gasteiger partial charge in [-0.15, -0.1) is 11.3 Å². The van der Waals surface area contributed by atoms with Crippen LogP contribution in [0, 0.1) is 5.82 Å². The van der Waals surface area contributed by atoms with Crippen molar-refractivity contribution in [3.8, 4) is 10.4 Å². The summed E-state index contributed by atoms with van der Waals surface area (Å²) in [5.74, 6) is 0.983. The molecule has 0 spiro atoms. The van der Waals surface area contributed by atoms with E-state index in [1.54, 1.807) is 29.8 Å². The summed E-state index contributed by atoms with van der Waals surface area (Å²) in [5.41, 5.74) is 1.90.